The predicted molar refractivity (Wildman–Crippen MR) is 125 cm³/mol. The maximum absolute atomic E-state index is 12.6. The van der Waals surface area contributed by atoms with Gasteiger partial charge in [0.2, 0.25) is 5.91 Å². The molecule has 2 N–H and O–H groups in total. The van der Waals surface area contributed by atoms with Crippen molar-refractivity contribution in [2.45, 2.75) is 25.4 Å². The second-order valence-corrected chi connectivity index (χ2v) is 8.60. The maximum atomic E-state index is 12.6. The summed E-state index contributed by atoms with van der Waals surface area (Å²) in [5.74, 6) is 2.36. The number of methoxy groups -OCH3 is 1. The van der Waals surface area contributed by atoms with Crippen molar-refractivity contribution in [1.29, 1.82) is 0 Å². The van der Waals surface area contributed by atoms with Gasteiger partial charge in [0.05, 0.1) is 36.9 Å². The Labute approximate surface area is 194 Å². The van der Waals surface area contributed by atoms with Crippen molar-refractivity contribution in [3.8, 4) is 17.2 Å². The minimum atomic E-state index is 0.0965. The zero-order valence-electron chi connectivity index (χ0n) is 19.0. The number of carbonyl (C=O) groups is 1. The van der Waals surface area contributed by atoms with Crippen molar-refractivity contribution >= 4 is 17.3 Å². The highest BCUT2D eigenvalue weighted by molar-refractivity contribution is 6.02. The molecule has 3 aliphatic heterocycles. The van der Waals surface area contributed by atoms with Crippen LogP contribution in [-0.2, 0) is 11.3 Å². The summed E-state index contributed by atoms with van der Waals surface area (Å²) in [7, 11) is 1.65. The minimum absolute atomic E-state index is 0.0965. The van der Waals surface area contributed by atoms with Crippen LogP contribution in [0, 0.1) is 0 Å². The van der Waals surface area contributed by atoms with Crippen molar-refractivity contribution < 1.29 is 19.0 Å². The molecule has 0 radical (unpaired) electrons. The summed E-state index contributed by atoms with van der Waals surface area (Å²) in [4.78, 5) is 21.4. The summed E-state index contributed by atoms with van der Waals surface area (Å²) >= 11 is 0. The first-order chi connectivity index (χ1) is 16.2. The van der Waals surface area contributed by atoms with Crippen LogP contribution in [0.2, 0.25) is 0 Å². The highest BCUT2D eigenvalue weighted by Gasteiger charge is 2.26. The molecule has 1 aromatic carbocycles. The third-order valence-electron chi connectivity index (χ3n) is 6.51. The monoisotopic (exact) mass is 453 g/mol. The van der Waals surface area contributed by atoms with Crippen LogP contribution < -0.4 is 29.7 Å². The van der Waals surface area contributed by atoms with Crippen molar-refractivity contribution in [3.05, 3.63) is 36.2 Å². The lowest BCUT2D eigenvalue weighted by Gasteiger charge is -2.35. The first kappa shape index (κ1) is 21.8. The average Bonchev–Trinajstić information content (AvgIpc) is 2.87. The molecule has 4 heterocycles. The van der Waals surface area contributed by atoms with Crippen LogP contribution in [0.25, 0.3) is 0 Å². The third kappa shape index (κ3) is 4.99. The number of aromatic nitrogens is 1. The number of likely N-dealkylation sites (tertiary alicyclic amines) is 1. The summed E-state index contributed by atoms with van der Waals surface area (Å²) in [6.07, 6.45) is 3.90. The molecular formula is C24H31N5O4. The van der Waals surface area contributed by atoms with E-state index in [2.05, 4.69) is 20.5 Å². The van der Waals surface area contributed by atoms with Gasteiger partial charge in [0.1, 0.15) is 19.0 Å². The van der Waals surface area contributed by atoms with Gasteiger partial charge < -0.3 is 34.6 Å². The number of anilines is 2. The van der Waals surface area contributed by atoms with Crippen molar-refractivity contribution in [2.75, 3.05) is 63.3 Å². The number of carbonyl (C=O) groups excluding carboxylic acids is 1. The Morgan fingerprint density at radius 1 is 1.15 bits per heavy atom. The van der Waals surface area contributed by atoms with Crippen LogP contribution in [0.3, 0.4) is 0 Å². The first-order valence-corrected chi connectivity index (χ1v) is 11.6. The van der Waals surface area contributed by atoms with Crippen molar-refractivity contribution in [2.24, 2.45) is 0 Å². The number of nitrogens with one attached hydrogen (secondary N) is 2. The Kier molecular flexibility index (Phi) is 6.50. The summed E-state index contributed by atoms with van der Waals surface area (Å²) in [5.41, 5.74) is 2.84. The fourth-order valence-electron chi connectivity index (χ4n) is 4.59. The van der Waals surface area contributed by atoms with Gasteiger partial charge in [0.25, 0.3) is 0 Å². The molecule has 5 rings (SSSR count). The number of hydrogen-bond acceptors (Lipinski definition) is 8. The Morgan fingerprint density at radius 2 is 1.97 bits per heavy atom. The van der Waals surface area contributed by atoms with E-state index >= 15 is 0 Å². The van der Waals surface area contributed by atoms with Crippen LogP contribution in [0.1, 0.15) is 18.5 Å². The lowest BCUT2D eigenvalue weighted by atomic mass is 10.0. The molecule has 2 aromatic rings. The van der Waals surface area contributed by atoms with Gasteiger partial charge in [-0.1, -0.05) is 0 Å². The standard InChI is InChI=1S/C24H31N5O4/c1-31-19-2-3-20-21(13-19)29(24(30)16-27-20)9-8-28-6-4-17(5-7-28)25-14-18-12-22-23(15-26-18)33-11-10-32-22/h2-3,12-13,15,17,25,27H,4-11,14,16H2,1H3. The minimum Gasteiger partial charge on any atom is -0.497 e. The topological polar surface area (TPSA) is 88.2 Å². The van der Waals surface area contributed by atoms with E-state index in [4.69, 9.17) is 14.2 Å². The van der Waals surface area contributed by atoms with E-state index in [1.807, 2.05) is 29.2 Å². The fraction of sp³-hybridized carbons (Fsp3) is 0.500. The number of amides is 1. The fourth-order valence-corrected chi connectivity index (χ4v) is 4.59. The molecule has 1 saturated heterocycles. The largest absolute Gasteiger partial charge is 0.497 e. The lowest BCUT2D eigenvalue weighted by Crippen LogP contribution is -2.47. The second-order valence-electron chi connectivity index (χ2n) is 8.60. The van der Waals surface area contributed by atoms with Crippen LogP contribution in [0.5, 0.6) is 17.2 Å². The molecule has 176 valence electrons. The number of nitrogens with zero attached hydrogens (tertiary/aromatic N) is 3. The third-order valence-corrected chi connectivity index (χ3v) is 6.51. The van der Waals surface area contributed by atoms with Crippen molar-refractivity contribution in [1.82, 2.24) is 15.2 Å². The molecular weight excluding hydrogens is 422 g/mol. The number of pyridine rings is 1. The van der Waals surface area contributed by atoms with Gasteiger partial charge in [-0.25, -0.2) is 0 Å². The SMILES string of the molecule is COc1ccc2c(c1)N(CCN1CCC(NCc3cc4c(cn3)OCCO4)CC1)C(=O)CN2. The molecule has 0 aliphatic carbocycles. The van der Waals surface area contributed by atoms with E-state index in [-0.39, 0.29) is 5.91 Å². The van der Waals surface area contributed by atoms with Gasteiger partial charge in [-0.15, -0.1) is 0 Å². The van der Waals surface area contributed by atoms with E-state index in [1.165, 1.54) is 0 Å². The van der Waals surface area contributed by atoms with E-state index in [0.717, 1.165) is 73.3 Å². The number of benzene rings is 1. The van der Waals surface area contributed by atoms with Gasteiger partial charge in [-0.3, -0.25) is 9.78 Å². The number of piperidine rings is 1. The molecule has 1 fully saturated rings. The quantitative estimate of drug-likeness (QED) is 0.657. The summed E-state index contributed by atoms with van der Waals surface area (Å²) in [6, 6.07) is 8.25. The maximum Gasteiger partial charge on any atom is 0.246 e. The molecule has 1 aromatic heterocycles. The number of ether oxygens (including phenoxy) is 3. The van der Waals surface area contributed by atoms with Crippen LogP contribution in [0.4, 0.5) is 11.4 Å². The molecule has 1 amide bonds. The smallest absolute Gasteiger partial charge is 0.246 e. The Balaban J connectivity index is 1.09. The Bertz CT molecular complexity index is 993. The zero-order chi connectivity index (χ0) is 22.6. The second kappa shape index (κ2) is 9.84. The number of hydrogen-bond donors (Lipinski definition) is 2. The van der Waals surface area contributed by atoms with Crippen molar-refractivity contribution in [3.63, 3.8) is 0 Å². The van der Waals surface area contributed by atoms with Gasteiger partial charge in [-0.05, 0) is 38.1 Å². The molecule has 0 bridgehead atoms. The Morgan fingerprint density at radius 3 is 2.79 bits per heavy atom. The van der Waals surface area contributed by atoms with E-state index in [1.54, 1.807) is 13.3 Å². The molecule has 0 spiro atoms. The average molecular weight is 454 g/mol. The molecule has 3 aliphatic rings. The van der Waals surface area contributed by atoms with E-state index in [9.17, 15) is 4.79 Å². The Hall–Kier alpha value is -3.04. The highest BCUT2D eigenvalue weighted by atomic mass is 16.6. The molecule has 33 heavy (non-hydrogen) atoms. The van der Waals surface area contributed by atoms with E-state index in [0.29, 0.717) is 32.3 Å². The number of fused-ring (bicyclic) bond motifs is 2. The molecule has 0 unspecified atom stereocenters. The van der Waals surface area contributed by atoms with Gasteiger partial charge in [-0.2, -0.15) is 0 Å². The van der Waals surface area contributed by atoms with Crippen LogP contribution >= 0.6 is 0 Å². The number of rotatable bonds is 7. The molecule has 9 heteroatoms. The highest BCUT2D eigenvalue weighted by Crippen LogP contribution is 2.33. The summed E-state index contributed by atoms with van der Waals surface area (Å²) in [6.45, 7) is 5.78. The predicted octanol–water partition coefficient (Wildman–Crippen LogP) is 1.87. The van der Waals surface area contributed by atoms with Gasteiger partial charge in [0.15, 0.2) is 11.5 Å². The van der Waals surface area contributed by atoms with Gasteiger partial charge >= 0.3 is 0 Å². The van der Waals surface area contributed by atoms with E-state index < -0.39 is 0 Å². The molecule has 0 saturated carbocycles. The van der Waals surface area contributed by atoms with Gasteiger partial charge in [0, 0.05) is 37.8 Å². The molecule has 9 nitrogen and oxygen atoms in total. The summed E-state index contributed by atoms with van der Waals surface area (Å²) < 4.78 is 16.5. The first-order valence-electron chi connectivity index (χ1n) is 11.6. The molecule has 0 atom stereocenters. The lowest BCUT2D eigenvalue weighted by molar-refractivity contribution is -0.117. The van der Waals surface area contributed by atoms with Crippen LogP contribution in [0.15, 0.2) is 30.5 Å². The summed E-state index contributed by atoms with van der Waals surface area (Å²) in [5, 5.41) is 6.82. The normalized spacial score (nSPS) is 18.6. The van der Waals surface area contributed by atoms with Crippen LogP contribution in [-0.4, -0.2) is 74.9 Å². The zero-order valence-corrected chi connectivity index (χ0v) is 19.0.